The van der Waals surface area contributed by atoms with Crippen LogP contribution in [0, 0.1) is 5.92 Å². The molecule has 2 bridgehead atoms. The summed E-state index contributed by atoms with van der Waals surface area (Å²) in [5, 5.41) is 6.67. The number of piperidine rings is 1. The van der Waals surface area contributed by atoms with E-state index < -0.39 is 0 Å². The third-order valence-corrected chi connectivity index (χ3v) is 5.27. The first-order valence-electron chi connectivity index (χ1n) is 8.74. The lowest BCUT2D eigenvalue weighted by atomic mass is 9.89. The molecule has 0 aliphatic carbocycles. The van der Waals surface area contributed by atoms with E-state index in [-0.39, 0.29) is 5.91 Å². The first kappa shape index (κ1) is 14.7. The summed E-state index contributed by atoms with van der Waals surface area (Å²) in [4.78, 5) is 17.1. The van der Waals surface area contributed by atoms with E-state index in [1.54, 1.807) is 0 Å². The second-order valence-electron chi connectivity index (χ2n) is 6.90. The minimum absolute atomic E-state index is 0.0984. The molecule has 2 N–H and O–H groups in total. The lowest BCUT2D eigenvalue weighted by Gasteiger charge is -2.28. The van der Waals surface area contributed by atoms with Gasteiger partial charge in [-0.1, -0.05) is 12.1 Å². The molecule has 0 saturated carbocycles. The number of aromatic nitrogens is 2. The van der Waals surface area contributed by atoms with Crippen molar-refractivity contribution in [3.63, 3.8) is 0 Å². The average Bonchev–Trinajstić information content (AvgIpc) is 3.06. The summed E-state index contributed by atoms with van der Waals surface area (Å²) in [7, 11) is 0. The molecule has 1 aromatic carbocycles. The fourth-order valence-corrected chi connectivity index (χ4v) is 4.27. The Labute approximate surface area is 136 Å². The Morgan fingerprint density at radius 1 is 1.30 bits per heavy atom. The van der Waals surface area contributed by atoms with Crippen LogP contribution < -0.4 is 10.6 Å². The van der Waals surface area contributed by atoms with Crippen LogP contribution in [-0.4, -0.2) is 27.5 Å². The summed E-state index contributed by atoms with van der Waals surface area (Å²) < 4.78 is 2.07. The zero-order chi connectivity index (χ0) is 15.8. The van der Waals surface area contributed by atoms with E-state index in [9.17, 15) is 4.79 Å². The van der Waals surface area contributed by atoms with Crippen LogP contribution in [-0.2, 0) is 11.3 Å². The van der Waals surface area contributed by atoms with Crippen molar-refractivity contribution in [1.82, 2.24) is 14.9 Å². The van der Waals surface area contributed by atoms with Crippen molar-refractivity contribution >= 4 is 22.9 Å². The summed E-state index contributed by atoms with van der Waals surface area (Å²) in [6.45, 7) is 2.88. The lowest BCUT2D eigenvalue weighted by molar-refractivity contribution is -0.117. The van der Waals surface area contributed by atoms with Crippen molar-refractivity contribution in [3.8, 4) is 0 Å². The van der Waals surface area contributed by atoms with Gasteiger partial charge in [0.05, 0.1) is 11.0 Å². The fraction of sp³-hybridized carbons (Fsp3) is 0.556. The van der Waals surface area contributed by atoms with Crippen molar-refractivity contribution in [1.29, 1.82) is 0 Å². The van der Waals surface area contributed by atoms with Crippen LogP contribution in [0.2, 0.25) is 0 Å². The van der Waals surface area contributed by atoms with E-state index in [4.69, 9.17) is 0 Å². The van der Waals surface area contributed by atoms with Gasteiger partial charge in [0, 0.05) is 25.0 Å². The third kappa shape index (κ3) is 2.85. The number of hydrogen-bond donors (Lipinski definition) is 2. The predicted molar refractivity (Wildman–Crippen MR) is 91.3 cm³/mol. The summed E-state index contributed by atoms with van der Waals surface area (Å²) >= 11 is 0. The Kier molecular flexibility index (Phi) is 3.81. The Morgan fingerprint density at radius 2 is 2.04 bits per heavy atom. The molecule has 0 radical (unpaired) electrons. The number of anilines is 1. The number of aryl methyl sites for hydroxylation is 1. The van der Waals surface area contributed by atoms with Gasteiger partial charge in [-0.3, -0.25) is 10.1 Å². The highest BCUT2D eigenvalue weighted by atomic mass is 16.1. The summed E-state index contributed by atoms with van der Waals surface area (Å²) in [6, 6.07) is 9.28. The topological polar surface area (TPSA) is 59.0 Å². The van der Waals surface area contributed by atoms with Gasteiger partial charge in [-0.25, -0.2) is 4.98 Å². The van der Waals surface area contributed by atoms with Gasteiger partial charge in [0.2, 0.25) is 11.9 Å². The van der Waals surface area contributed by atoms with Gasteiger partial charge in [-0.15, -0.1) is 0 Å². The predicted octanol–water partition coefficient (Wildman–Crippen LogP) is 2.92. The van der Waals surface area contributed by atoms with E-state index in [2.05, 4.69) is 27.1 Å². The Balaban J connectivity index is 1.46. The van der Waals surface area contributed by atoms with Gasteiger partial charge < -0.3 is 9.88 Å². The number of hydrogen-bond acceptors (Lipinski definition) is 3. The molecule has 0 spiro atoms. The number of benzene rings is 1. The lowest BCUT2D eigenvalue weighted by Crippen LogP contribution is -2.39. The number of rotatable bonds is 4. The molecule has 2 saturated heterocycles. The van der Waals surface area contributed by atoms with Gasteiger partial charge in [0.1, 0.15) is 0 Å². The molecule has 2 atom stereocenters. The second-order valence-corrected chi connectivity index (χ2v) is 6.90. The number of carbonyl (C=O) groups is 1. The van der Waals surface area contributed by atoms with E-state index in [0.29, 0.717) is 30.4 Å². The van der Waals surface area contributed by atoms with Crippen LogP contribution in [0.1, 0.15) is 39.0 Å². The van der Waals surface area contributed by atoms with Gasteiger partial charge in [0.25, 0.3) is 0 Å². The molecule has 2 unspecified atom stereocenters. The Hall–Kier alpha value is -1.88. The molecule has 2 aliphatic rings. The minimum atomic E-state index is 0.0984. The maximum Gasteiger partial charge on any atom is 0.226 e. The highest BCUT2D eigenvalue weighted by Gasteiger charge is 2.34. The molecule has 23 heavy (non-hydrogen) atoms. The van der Waals surface area contributed by atoms with Crippen LogP contribution in [0.25, 0.3) is 11.0 Å². The van der Waals surface area contributed by atoms with Crippen molar-refractivity contribution in [2.45, 2.75) is 57.7 Å². The maximum atomic E-state index is 12.5. The average molecular weight is 312 g/mol. The molecule has 1 amide bonds. The molecule has 1 aromatic heterocycles. The van der Waals surface area contributed by atoms with E-state index in [1.165, 1.54) is 12.8 Å². The summed E-state index contributed by atoms with van der Waals surface area (Å²) in [5.41, 5.74) is 2.01. The largest absolute Gasteiger partial charge is 0.311 e. The quantitative estimate of drug-likeness (QED) is 0.912. The SMILES string of the molecule is CCn1c(NC(=O)CC2CC3CCC(C2)N3)nc2ccccc21. The van der Waals surface area contributed by atoms with Crippen LogP contribution in [0.3, 0.4) is 0 Å². The van der Waals surface area contributed by atoms with Gasteiger partial charge in [0.15, 0.2) is 0 Å². The zero-order valence-electron chi connectivity index (χ0n) is 13.6. The minimum Gasteiger partial charge on any atom is -0.311 e. The van der Waals surface area contributed by atoms with Crippen LogP contribution >= 0.6 is 0 Å². The smallest absolute Gasteiger partial charge is 0.226 e. The summed E-state index contributed by atoms with van der Waals surface area (Å²) in [6.07, 6.45) is 5.42. The maximum absolute atomic E-state index is 12.5. The molecule has 4 rings (SSSR count). The second kappa shape index (κ2) is 5.96. The van der Waals surface area contributed by atoms with E-state index >= 15 is 0 Å². The number of fused-ring (bicyclic) bond motifs is 3. The molecule has 2 fully saturated rings. The van der Waals surface area contributed by atoms with Crippen LogP contribution in [0.5, 0.6) is 0 Å². The monoisotopic (exact) mass is 312 g/mol. The number of nitrogens with one attached hydrogen (secondary N) is 2. The number of nitrogens with zero attached hydrogens (tertiary/aromatic N) is 2. The zero-order valence-corrected chi connectivity index (χ0v) is 13.6. The van der Waals surface area contributed by atoms with Gasteiger partial charge >= 0.3 is 0 Å². The standard InChI is InChI=1S/C18H24N4O/c1-2-22-16-6-4-3-5-15(16)20-18(22)21-17(23)11-12-9-13-7-8-14(10-12)19-13/h3-6,12-14,19H,2,7-11H2,1H3,(H,20,21,23). The Bertz CT molecular complexity index is 711. The van der Waals surface area contributed by atoms with E-state index in [1.807, 2.05) is 24.3 Å². The molecule has 122 valence electrons. The summed E-state index contributed by atoms with van der Waals surface area (Å²) in [5.74, 6) is 1.28. The van der Waals surface area contributed by atoms with Gasteiger partial charge in [-0.05, 0) is 50.7 Å². The first-order chi connectivity index (χ1) is 11.2. The number of imidazole rings is 1. The molecule has 3 heterocycles. The van der Waals surface area contributed by atoms with Gasteiger partial charge in [-0.2, -0.15) is 0 Å². The van der Waals surface area contributed by atoms with Crippen LogP contribution in [0.15, 0.2) is 24.3 Å². The van der Waals surface area contributed by atoms with Crippen molar-refractivity contribution in [2.75, 3.05) is 5.32 Å². The third-order valence-electron chi connectivity index (χ3n) is 5.27. The normalized spacial score (nSPS) is 26.6. The van der Waals surface area contributed by atoms with Crippen LogP contribution in [0.4, 0.5) is 5.95 Å². The molecular weight excluding hydrogens is 288 g/mol. The molecule has 2 aliphatic heterocycles. The van der Waals surface area contributed by atoms with E-state index in [0.717, 1.165) is 30.4 Å². The number of para-hydroxylation sites is 2. The van der Waals surface area contributed by atoms with Crippen molar-refractivity contribution < 1.29 is 4.79 Å². The highest BCUT2D eigenvalue weighted by molar-refractivity contribution is 5.91. The Morgan fingerprint density at radius 3 is 2.78 bits per heavy atom. The number of amides is 1. The number of carbonyl (C=O) groups excluding carboxylic acids is 1. The fourth-order valence-electron chi connectivity index (χ4n) is 4.27. The van der Waals surface area contributed by atoms with Crippen molar-refractivity contribution in [3.05, 3.63) is 24.3 Å². The van der Waals surface area contributed by atoms with Crippen molar-refractivity contribution in [2.24, 2.45) is 5.92 Å². The molecular formula is C18H24N4O. The highest BCUT2D eigenvalue weighted by Crippen LogP contribution is 2.32. The molecule has 2 aromatic rings. The molecule has 5 nitrogen and oxygen atoms in total. The molecule has 5 heteroatoms. The first-order valence-corrected chi connectivity index (χ1v) is 8.74.